The summed E-state index contributed by atoms with van der Waals surface area (Å²) in [5.74, 6) is 0. The Bertz CT molecular complexity index is 1360. The maximum absolute atomic E-state index is 12.8. The Balaban J connectivity index is 1.32. The zero-order valence-electron chi connectivity index (χ0n) is 19.0. The SMILES string of the molecule is N[C@H](CNc1nc(C2=CCCC2)c(-c2ccc3cnccc3c2)s1)Cc1ccc(C(F)(F)F)cc1. The second kappa shape index (κ2) is 9.79. The largest absolute Gasteiger partial charge is 0.416 e. The molecule has 4 aromatic rings. The van der Waals surface area contributed by atoms with Gasteiger partial charge in [0.05, 0.1) is 16.1 Å². The van der Waals surface area contributed by atoms with Crippen molar-refractivity contribution < 1.29 is 13.2 Å². The summed E-state index contributed by atoms with van der Waals surface area (Å²) in [6.45, 7) is 0.468. The normalized spacial score (nSPS) is 14.8. The number of allylic oxidation sites excluding steroid dienone is 2. The summed E-state index contributed by atoms with van der Waals surface area (Å²) >= 11 is 1.60. The van der Waals surface area contributed by atoms with Crippen molar-refractivity contribution in [3.8, 4) is 10.4 Å². The van der Waals surface area contributed by atoms with Crippen LogP contribution in [0.2, 0.25) is 0 Å². The first-order valence-electron chi connectivity index (χ1n) is 11.6. The van der Waals surface area contributed by atoms with Gasteiger partial charge in [0.1, 0.15) is 0 Å². The van der Waals surface area contributed by atoms with Gasteiger partial charge in [0.25, 0.3) is 0 Å². The first-order chi connectivity index (χ1) is 16.9. The number of halogens is 3. The fraction of sp³-hybridized carbons (Fsp3) is 0.259. The van der Waals surface area contributed by atoms with E-state index in [9.17, 15) is 13.2 Å². The van der Waals surface area contributed by atoms with Crippen LogP contribution in [0.4, 0.5) is 18.3 Å². The Morgan fingerprint density at radius 1 is 1.06 bits per heavy atom. The van der Waals surface area contributed by atoms with Gasteiger partial charge in [0.15, 0.2) is 5.13 Å². The number of nitrogens with zero attached hydrogens (tertiary/aromatic N) is 2. The molecule has 0 radical (unpaired) electrons. The minimum absolute atomic E-state index is 0.263. The summed E-state index contributed by atoms with van der Waals surface area (Å²) in [7, 11) is 0. The molecule has 4 nitrogen and oxygen atoms in total. The number of anilines is 1. The summed E-state index contributed by atoms with van der Waals surface area (Å²) in [4.78, 5) is 10.2. The molecule has 0 amide bonds. The van der Waals surface area contributed by atoms with Gasteiger partial charge < -0.3 is 11.1 Å². The third-order valence-electron chi connectivity index (χ3n) is 6.17. The van der Waals surface area contributed by atoms with Crippen LogP contribution in [0.5, 0.6) is 0 Å². The van der Waals surface area contributed by atoms with Crippen LogP contribution in [0.3, 0.4) is 0 Å². The van der Waals surface area contributed by atoms with E-state index < -0.39 is 11.7 Å². The number of fused-ring (bicyclic) bond motifs is 1. The van der Waals surface area contributed by atoms with E-state index in [0.29, 0.717) is 13.0 Å². The molecule has 0 bridgehead atoms. The molecular weight excluding hydrogens is 469 g/mol. The van der Waals surface area contributed by atoms with Gasteiger partial charge in [0.2, 0.25) is 0 Å². The van der Waals surface area contributed by atoms with Gasteiger partial charge in [-0.05, 0) is 72.0 Å². The number of rotatable bonds is 7. The molecule has 0 fully saturated rings. The molecule has 2 heterocycles. The molecular formula is C27H25F3N4S. The Morgan fingerprint density at radius 2 is 1.89 bits per heavy atom. The van der Waals surface area contributed by atoms with Gasteiger partial charge in [-0.25, -0.2) is 4.98 Å². The highest BCUT2D eigenvalue weighted by Gasteiger charge is 2.30. The molecule has 1 aliphatic carbocycles. The smallest absolute Gasteiger partial charge is 0.360 e. The standard InChI is InChI=1S/C27H25F3N4S/c28-27(29,30)22-9-5-17(6-10-22)13-23(31)16-33-26-34-24(18-3-1-2-4-18)25(35-26)20-7-8-21-15-32-12-11-19(21)14-20/h3,5-12,14-15,23H,1-2,4,13,16,31H2,(H,33,34)/t23-/m0/s1. The van der Waals surface area contributed by atoms with Crippen LogP contribution in [-0.2, 0) is 12.6 Å². The molecule has 1 atom stereocenters. The van der Waals surface area contributed by atoms with Crippen molar-refractivity contribution in [2.75, 3.05) is 11.9 Å². The van der Waals surface area contributed by atoms with Crippen LogP contribution in [-0.4, -0.2) is 22.6 Å². The summed E-state index contributed by atoms with van der Waals surface area (Å²) in [6.07, 6.45) is 5.28. The zero-order valence-corrected chi connectivity index (χ0v) is 19.8. The molecule has 0 unspecified atom stereocenters. The fourth-order valence-corrected chi connectivity index (χ4v) is 5.35. The molecule has 2 aromatic heterocycles. The van der Waals surface area contributed by atoms with Crippen molar-refractivity contribution >= 4 is 32.8 Å². The minimum atomic E-state index is -4.33. The number of nitrogens with two attached hydrogens (primary N) is 1. The fourth-order valence-electron chi connectivity index (χ4n) is 4.34. The van der Waals surface area contributed by atoms with E-state index in [1.54, 1.807) is 17.5 Å². The number of alkyl halides is 3. The summed E-state index contributed by atoms with van der Waals surface area (Å²) in [5.41, 5.74) is 9.82. The van der Waals surface area contributed by atoms with Crippen LogP contribution < -0.4 is 11.1 Å². The Hall–Kier alpha value is -3.23. The number of pyridine rings is 1. The maximum Gasteiger partial charge on any atom is 0.416 e. The molecule has 0 saturated heterocycles. The number of hydrogen-bond acceptors (Lipinski definition) is 5. The first-order valence-corrected chi connectivity index (χ1v) is 12.4. The van der Waals surface area contributed by atoms with E-state index in [2.05, 4.69) is 34.6 Å². The number of benzene rings is 2. The molecule has 1 aliphatic rings. The minimum Gasteiger partial charge on any atom is -0.360 e. The first kappa shape index (κ1) is 23.5. The lowest BCUT2D eigenvalue weighted by atomic mass is 10.0. The molecule has 5 rings (SSSR count). The highest BCUT2D eigenvalue weighted by atomic mass is 32.1. The second-order valence-corrected chi connectivity index (χ2v) is 9.79. The summed E-state index contributed by atoms with van der Waals surface area (Å²) < 4.78 is 38.4. The predicted molar refractivity (Wildman–Crippen MR) is 136 cm³/mol. The lowest BCUT2D eigenvalue weighted by Gasteiger charge is -2.13. The van der Waals surface area contributed by atoms with Crippen LogP contribution in [0.1, 0.15) is 36.1 Å². The number of nitrogens with one attached hydrogen (secondary N) is 1. The van der Waals surface area contributed by atoms with Crippen molar-refractivity contribution in [1.82, 2.24) is 9.97 Å². The van der Waals surface area contributed by atoms with Gasteiger partial charge in [-0.1, -0.05) is 41.7 Å². The topological polar surface area (TPSA) is 63.8 Å². The highest BCUT2D eigenvalue weighted by molar-refractivity contribution is 7.19. The third kappa shape index (κ3) is 5.39. The number of aromatic nitrogens is 2. The van der Waals surface area contributed by atoms with E-state index in [-0.39, 0.29) is 6.04 Å². The van der Waals surface area contributed by atoms with Crippen LogP contribution in [0.15, 0.2) is 67.0 Å². The van der Waals surface area contributed by atoms with Crippen molar-refractivity contribution in [3.05, 3.63) is 83.8 Å². The quantitative estimate of drug-likeness (QED) is 0.293. The summed E-state index contributed by atoms with van der Waals surface area (Å²) in [6, 6.07) is 13.3. The Kier molecular flexibility index (Phi) is 6.58. The van der Waals surface area contributed by atoms with Crippen molar-refractivity contribution in [1.29, 1.82) is 0 Å². The van der Waals surface area contributed by atoms with Crippen LogP contribution in [0.25, 0.3) is 26.8 Å². The molecule has 35 heavy (non-hydrogen) atoms. The summed E-state index contributed by atoms with van der Waals surface area (Å²) in [5, 5.41) is 6.37. The van der Waals surface area contributed by atoms with E-state index in [4.69, 9.17) is 10.7 Å². The second-order valence-electron chi connectivity index (χ2n) is 8.80. The van der Waals surface area contributed by atoms with Gasteiger partial charge in [-0.2, -0.15) is 13.2 Å². The molecule has 8 heteroatoms. The average molecular weight is 495 g/mol. The lowest BCUT2D eigenvalue weighted by Crippen LogP contribution is -2.31. The third-order valence-corrected chi connectivity index (χ3v) is 7.23. The lowest BCUT2D eigenvalue weighted by molar-refractivity contribution is -0.137. The van der Waals surface area contributed by atoms with Crippen LogP contribution in [0, 0.1) is 0 Å². The Morgan fingerprint density at radius 3 is 2.63 bits per heavy atom. The van der Waals surface area contributed by atoms with E-state index in [1.807, 2.05) is 12.3 Å². The monoisotopic (exact) mass is 494 g/mol. The zero-order chi connectivity index (χ0) is 24.4. The number of thiazole rings is 1. The van der Waals surface area contributed by atoms with Crippen LogP contribution >= 0.6 is 11.3 Å². The average Bonchev–Trinajstić information content (AvgIpc) is 3.52. The van der Waals surface area contributed by atoms with Gasteiger partial charge in [-0.15, -0.1) is 0 Å². The molecule has 3 N–H and O–H groups in total. The molecule has 2 aromatic carbocycles. The predicted octanol–water partition coefficient (Wildman–Crippen LogP) is 6.93. The van der Waals surface area contributed by atoms with Crippen molar-refractivity contribution in [3.63, 3.8) is 0 Å². The van der Waals surface area contributed by atoms with E-state index in [0.717, 1.165) is 69.0 Å². The molecule has 0 aliphatic heterocycles. The van der Waals surface area contributed by atoms with Crippen molar-refractivity contribution in [2.45, 2.75) is 37.9 Å². The maximum atomic E-state index is 12.8. The highest BCUT2D eigenvalue weighted by Crippen LogP contribution is 2.41. The van der Waals surface area contributed by atoms with E-state index >= 15 is 0 Å². The number of hydrogen-bond donors (Lipinski definition) is 2. The van der Waals surface area contributed by atoms with Gasteiger partial charge in [0, 0.05) is 30.4 Å². The molecule has 180 valence electrons. The van der Waals surface area contributed by atoms with Gasteiger partial charge >= 0.3 is 6.18 Å². The van der Waals surface area contributed by atoms with Gasteiger partial charge in [-0.3, -0.25) is 4.98 Å². The molecule has 0 spiro atoms. The Labute approximate surface area is 205 Å². The van der Waals surface area contributed by atoms with Crippen molar-refractivity contribution in [2.24, 2.45) is 5.73 Å². The van der Waals surface area contributed by atoms with E-state index in [1.165, 1.54) is 17.7 Å². The molecule has 0 saturated carbocycles.